The molecule has 0 radical (unpaired) electrons. The van der Waals surface area contributed by atoms with Gasteiger partial charge in [0.2, 0.25) is 0 Å². The molecule has 0 atom stereocenters. The van der Waals surface area contributed by atoms with Crippen molar-refractivity contribution in [1.82, 2.24) is 18.5 Å². The number of rotatable bonds is 11. The molecule has 0 fully saturated rings. The lowest BCUT2D eigenvalue weighted by Gasteiger charge is -2.08. The summed E-state index contributed by atoms with van der Waals surface area (Å²) in [6.07, 6.45) is 13.9. The Kier molecular flexibility index (Phi) is 6.75. The topological polar surface area (TPSA) is 74.4 Å². The van der Waals surface area contributed by atoms with Gasteiger partial charge in [-0.15, -0.1) is 0 Å². The van der Waals surface area contributed by atoms with Crippen molar-refractivity contribution in [1.29, 1.82) is 0 Å². The molecule has 0 bridgehead atoms. The Labute approximate surface area is 165 Å². The van der Waals surface area contributed by atoms with Crippen LogP contribution in [0.15, 0.2) is 20.2 Å². The van der Waals surface area contributed by atoms with Gasteiger partial charge in [-0.05, 0) is 13.3 Å². The summed E-state index contributed by atoms with van der Waals surface area (Å²) in [7, 11) is 1.65. The van der Waals surface area contributed by atoms with Crippen LogP contribution in [0, 0.1) is 6.92 Å². The fraction of sp³-hybridized carbons (Fsp3) is 0.667. The molecule has 0 aromatic carbocycles. The van der Waals surface area contributed by atoms with E-state index in [0.29, 0.717) is 29.3 Å². The molecule has 0 amide bonds. The summed E-state index contributed by atoms with van der Waals surface area (Å²) >= 11 is 0. The monoisotopic (exact) mass is 388 g/mol. The second-order valence-electron chi connectivity index (χ2n) is 7.76. The number of imidazole rings is 1. The Balaban J connectivity index is 1.60. The van der Waals surface area contributed by atoms with Crippen LogP contribution in [0.3, 0.4) is 0 Å². The molecule has 0 N–H and O–H groups in total. The normalized spacial score (nSPS) is 11.8. The van der Waals surface area contributed by atoms with E-state index >= 15 is 0 Å². The average molecular weight is 389 g/mol. The number of hydrogen-bond acceptors (Lipinski definition) is 4. The second-order valence-corrected chi connectivity index (χ2v) is 7.76. The van der Waals surface area contributed by atoms with E-state index in [1.54, 1.807) is 17.6 Å². The maximum absolute atomic E-state index is 12.9. The van der Waals surface area contributed by atoms with Crippen molar-refractivity contribution >= 4 is 17.0 Å². The lowest BCUT2D eigenvalue weighted by Crippen LogP contribution is -2.39. The van der Waals surface area contributed by atoms with Gasteiger partial charge in [0.05, 0.1) is 6.20 Å². The second kappa shape index (κ2) is 9.26. The van der Waals surface area contributed by atoms with E-state index in [9.17, 15) is 9.59 Å². The first kappa shape index (κ1) is 20.4. The molecule has 28 heavy (non-hydrogen) atoms. The number of oxazole rings is 1. The minimum atomic E-state index is -0.314. The minimum Gasteiger partial charge on any atom is -0.428 e. The molecule has 0 aliphatic heterocycles. The summed E-state index contributed by atoms with van der Waals surface area (Å²) < 4.78 is 9.91. The van der Waals surface area contributed by atoms with E-state index in [-0.39, 0.29) is 11.2 Å². The molecule has 0 saturated carbocycles. The van der Waals surface area contributed by atoms with E-state index in [0.717, 1.165) is 19.3 Å². The zero-order valence-corrected chi connectivity index (χ0v) is 17.4. The summed E-state index contributed by atoms with van der Waals surface area (Å²) in [5.74, 6) is 1.02. The Morgan fingerprint density at radius 1 is 0.964 bits per heavy atom. The molecular weight excluding hydrogens is 356 g/mol. The Bertz CT molecular complexity index is 1040. The van der Waals surface area contributed by atoms with Crippen molar-refractivity contribution in [3.63, 3.8) is 0 Å². The standard InChI is InChI=1S/C21H32N4O3/c1-4-5-6-7-8-9-10-11-12-13-14-24-19(26)17-18(23(3)21(24)27)22-20-25(17)15-16(2)28-20/h15H,4-14H2,1-3H3. The summed E-state index contributed by atoms with van der Waals surface area (Å²) in [5.41, 5.74) is 0.169. The zero-order valence-electron chi connectivity index (χ0n) is 17.4. The maximum atomic E-state index is 12.9. The van der Waals surface area contributed by atoms with Crippen molar-refractivity contribution in [3.8, 4) is 0 Å². The van der Waals surface area contributed by atoms with Crippen molar-refractivity contribution in [2.45, 2.75) is 84.6 Å². The number of hydrogen-bond donors (Lipinski definition) is 0. The van der Waals surface area contributed by atoms with Crippen LogP contribution in [0.25, 0.3) is 17.0 Å². The van der Waals surface area contributed by atoms with Crippen LogP contribution in [-0.4, -0.2) is 18.5 Å². The Hall–Kier alpha value is -2.31. The molecular formula is C21H32N4O3. The van der Waals surface area contributed by atoms with Crippen molar-refractivity contribution in [3.05, 3.63) is 32.8 Å². The minimum absolute atomic E-state index is 0.290. The summed E-state index contributed by atoms with van der Waals surface area (Å²) in [5, 5.41) is 0. The van der Waals surface area contributed by atoms with Crippen LogP contribution in [0.5, 0.6) is 0 Å². The average Bonchev–Trinajstić information content (AvgIpc) is 3.19. The van der Waals surface area contributed by atoms with Crippen LogP contribution >= 0.6 is 0 Å². The largest absolute Gasteiger partial charge is 0.428 e. The number of aryl methyl sites for hydroxylation is 2. The summed E-state index contributed by atoms with van der Waals surface area (Å²) in [4.78, 5) is 29.8. The fourth-order valence-corrected chi connectivity index (χ4v) is 3.82. The van der Waals surface area contributed by atoms with E-state index in [1.807, 2.05) is 6.92 Å². The molecule has 154 valence electrons. The third-order valence-electron chi connectivity index (χ3n) is 5.44. The summed E-state index contributed by atoms with van der Waals surface area (Å²) in [6.45, 7) is 4.50. The third kappa shape index (κ3) is 4.23. The molecule has 0 saturated heterocycles. The first-order valence-corrected chi connectivity index (χ1v) is 10.6. The molecule has 7 heteroatoms. The van der Waals surface area contributed by atoms with Gasteiger partial charge in [0.1, 0.15) is 5.76 Å². The quantitative estimate of drug-likeness (QED) is 0.462. The van der Waals surface area contributed by atoms with Gasteiger partial charge >= 0.3 is 11.5 Å². The Morgan fingerprint density at radius 3 is 2.21 bits per heavy atom. The van der Waals surface area contributed by atoms with Crippen LogP contribution in [-0.2, 0) is 13.6 Å². The zero-order chi connectivity index (χ0) is 20.1. The number of unbranched alkanes of at least 4 members (excludes halogenated alkanes) is 9. The van der Waals surface area contributed by atoms with E-state index < -0.39 is 0 Å². The molecule has 0 unspecified atom stereocenters. The molecule has 3 heterocycles. The molecule has 3 rings (SSSR count). The number of aromatic nitrogens is 4. The van der Waals surface area contributed by atoms with Gasteiger partial charge in [0.25, 0.3) is 5.56 Å². The first-order chi connectivity index (χ1) is 13.5. The first-order valence-electron chi connectivity index (χ1n) is 10.6. The van der Waals surface area contributed by atoms with Gasteiger partial charge in [0, 0.05) is 13.6 Å². The lowest BCUT2D eigenvalue weighted by molar-refractivity contribution is 0.515. The van der Waals surface area contributed by atoms with Crippen LogP contribution < -0.4 is 11.2 Å². The van der Waals surface area contributed by atoms with E-state index in [2.05, 4.69) is 11.9 Å². The van der Waals surface area contributed by atoms with Crippen molar-refractivity contribution in [2.75, 3.05) is 0 Å². The highest BCUT2D eigenvalue weighted by molar-refractivity contribution is 5.74. The predicted molar refractivity (Wildman–Crippen MR) is 111 cm³/mol. The van der Waals surface area contributed by atoms with Gasteiger partial charge in [-0.2, -0.15) is 4.98 Å². The van der Waals surface area contributed by atoms with Crippen LogP contribution in [0.1, 0.15) is 76.9 Å². The van der Waals surface area contributed by atoms with Crippen LogP contribution in [0.4, 0.5) is 0 Å². The highest BCUT2D eigenvalue weighted by Crippen LogP contribution is 2.15. The smallest absolute Gasteiger partial charge is 0.332 e. The van der Waals surface area contributed by atoms with E-state index in [1.165, 1.54) is 54.1 Å². The van der Waals surface area contributed by atoms with Crippen molar-refractivity contribution < 1.29 is 4.42 Å². The van der Waals surface area contributed by atoms with Crippen molar-refractivity contribution in [2.24, 2.45) is 7.05 Å². The van der Waals surface area contributed by atoms with Gasteiger partial charge in [-0.25, -0.2) is 4.79 Å². The molecule has 0 aliphatic carbocycles. The highest BCUT2D eigenvalue weighted by Gasteiger charge is 2.18. The van der Waals surface area contributed by atoms with Gasteiger partial charge in [0.15, 0.2) is 11.2 Å². The number of nitrogens with zero attached hydrogens (tertiary/aromatic N) is 4. The highest BCUT2D eigenvalue weighted by atomic mass is 16.4. The fourth-order valence-electron chi connectivity index (χ4n) is 3.82. The van der Waals surface area contributed by atoms with Gasteiger partial charge in [-0.3, -0.25) is 18.3 Å². The molecule has 7 nitrogen and oxygen atoms in total. The summed E-state index contributed by atoms with van der Waals surface area (Å²) in [6, 6.07) is 0. The number of fused-ring (bicyclic) bond motifs is 3. The molecule has 3 aromatic heterocycles. The predicted octanol–water partition coefficient (Wildman–Crippen LogP) is 4.17. The van der Waals surface area contributed by atoms with Crippen LogP contribution in [0.2, 0.25) is 0 Å². The van der Waals surface area contributed by atoms with E-state index in [4.69, 9.17) is 4.42 Å². The SMILES string of the molecule is CCCCCCCCCCCCn1c(=O)c2c(nc3oc(C)cn32)n(C)c1=O. The van der Waals surface area contributed by atoms with Gasteiger partial charge in [-0.1, -0.05) is 64.7 Å². The lowest BCUT2D eigenvalue weighted by atomic mass is 10.1. The van der Waals surface area contributed by atoms with Gasteiger partial charge < -0.3 is 4.42 Å². The molecule has 0 aliphatic rings. The molecule has 0 spiro atoms. The third-order valence-corrected chi connectivity index (χ3v) is 5.44. The Morgan fingerprint density at radius 2 is 1.57 bits per heavy atom. The molecule has 3 aromatic rings. The maximum Gasteiger partial charge on any atom is 0.332 e.